The summed E-state index contributed by atoms with van der Waals surface area (Å²) < 4.78 is 5.07. The highest BCUT2D eigenvalue weighted by Gasteiger charge is 2.20. The van der Waals surface area contributed by atoms with Crippen molar-refractivity contribution in [2.24, 2.45) is 5.92 Å². The third kappa shape index (κ3) is 5.72. The summed E-state index contributed by atoms with van der Waals surface area (Å²) in [5, 5.41) is 9.39. The molecular formula is C12H19BO4. The molecule has 1 aromatic carbocycles. The molecule has 0 atom stereocenters. The van der Waals surface area contributed by atoms with Gasteiger partial charge in [-0.15, -0.1) is 0 Å². The Bertz CT molecular complexity index is 290. The van der Waals surface area contributed by atoms with E-state index in [9.17, 15) is 5.02 Å². The first-order valence-corrected chi connectivity index (χ1v) is 5.94. The fourth-order valence-electron chi connectivity index (χ4n) is 1.35. The van der Waals surface area contributed by atoms with Gasteiger partial charge < -0.3 is 9.68 Å². The highest BCUT2D eigenvalue weighted by molar-refractivity contribution is 6.35. The van der Waals surface area contributed by atoms with Crippen LogP contribution in [-0.2, 0) is 9.69 Å². The van der Waals surface area contributed by atoms with Crippen LogP contribution in [0.4, 0.5) is 0 Å². The topological polar surface area (TPSA) is 47.9 Å². The Morgan fingerprint density at radius 3 is 2.41 bits per heavy atom. The predicted octanol–water partition coefficient (Wildman–Crippen LogP) is 2.43. The van der Waals surface area contributed by atoms with Gasteiger partial charge in [0.15, 0.2) is 0 Å². The van der Waals surface area contributed by atoms with Crippen LogP contribution in [0, 0.1) is 5.92 Å². The lowest BCUT2D eigenvalue weighted by Crippen LogP contribution is -2.27. The molecule has 0 amide bonds. The molecule has 17 heavy (non-hydrogen) atoms. The number of rotatable bonds is 8. The molecule has 0 aromatic heterocycles. The largest absolute Gasteiger partial charge is 0.739 e. The maximum Gasteiger partial charge on any atom is 0.739 e. The SMILES string of the molecule is CCC(CC)COOB(O)Oc1ccccc1. The minimum Gasteiger partial charge on any atom is -0.511 e. The molecule has 0 aliphatic heterocycles. The highest BCUT2D eigenvalue weighted by Crippen LogP contribution is 2.10. The van der Waals surface area contributed by atoms with Crippen LogP contribution in [0.1, 0.15) is 26.7 Å². The molecule has 94 valence electrons. The third-order valence-electron chi connectivity index (χ3n) is 2.59. The second-order valence-corrected chi connectivity index (χ2v) is 3.80. The molecule has 0 saturated carbocycles. The van der Waals surface area contributed by atoms with Gasteiger partial charge in [0.1, 0.15) is 5.75 Å². The van der Waals surface area contributed by atoms with E-state index in [1.807, 2.05) is 18.2 Å². The minimum absolute atomic E-state index is 0.443. The van der Waals surface area contributed by atoms with Crippen molar-refractivity contribution in [1.82, 2.24) is 0 Å². The molecule has 0 heterocycles. The lowest BCUT2D eigenvalue weighted by atomic mass is 10.1. The van der Waals surface area contributed by atoms with E-state index < -0.39 is 7.32 Å². The zero-order valence-electron chi connectivity index (χ0n) is 10.3. The molecule has 5 heteroatoms. The maximum atomic E-state index is 9.39. The average Bonchev–Trinajstić information content (AvgIpc) is 2.36. The van der Waals surface area contributed by atoms with Crippen LogP contribution >= 0.6 is 0 Å². The highest BCUT2D eigenvalue weighted by atomic mass is 17.2. The smallest absolute Gasteiger partial charge is 0.511 e. The normalized spacial score (nSPS) is 10.6. The summed E-state index contributed by atoms with van der Waals surface area (Å²) >= 11 is 0. The molecule has 0 aliphatic rings. The van der Waals surface area contributed by atoms with E-state index in [-0.39, 0.29) is 0 Å². The monoisotopic (exact) mass is 238 g/mol. The lowest BCUT2D eigenvalue weighted by Gasteiger charge is -2.13. The molecule has 0 unspecified atom stereocenters. The number of benzene rings is 1. The molecular weight excluding hydrogens is 219 g/mol. The van der Waals surface area contributed by atoms with Crippen LogP contribution in [0.25, 0.3) is 0 Å². The van der Waals surface area contributed by atoms with Crippen LogP contribution < -0.4 is 4.65 Å². The van der Waals surface area contributed by atoms with Gasteiger partial charge in [0, 0.05) is 0 Å². The number of hydrogen-bond acceptors (Lipinski definition) is 4. The Hall–Kier alpha value is -1.04. The molecule has 1 N–H and O–H groups in total. The molecule has 0 spiro atoms. The minimum atomic E-state index is -1.40. The van der Waals surface area contributed by atoms with Crippen molar-refractivity contribution < 1.29 is 19.4 Å². The Kier molecular flexibility index (Phi) is 6.70. The summed E-state index contributed by atoms with van der Waals surface area (Å²) in [6.07, 6.45) is 2.05. The van der Waals surface area contributed by atoms with Gasteiger partial charge in [-0.2, -0.15) is 0 Å². The van der Waals surface area contributed by atoms with Crippen molar-refractivity contribution in [3.05, 3.63) is 30.3 Å². The summed E-state index contributed by atoms with van der Waals surface area (Å²) in [4.78, 5) is 9.65. The molecule has 0 radical (unpaired) electrons. The van der Waals surface area contributed by atoms with Gasteiger partial charge >= 0.3 is 7.32 Å². The zero-order valence-corrected chi connectivity index (χ0v) is 10.3. The Labute approximate surface area is 103 Å². The van der Waals surface area contributed by atoms with Crippen molar-refractivity contribution in [2.75, 3.05) is 6.61 Å². The van der Waals surface area contributed by atoms with Crippen molar-refractivity contribution in [3.8, 4) is 5.75 Å². The van der Waals surface area contributed by atoms with Gasteiger partial charge in [0.2, 0.25) is 0 Å². The summed E-state index contributed by atoms with van der Waals surface area (Å²) in [6.45, 7) is 4.64. The Morgan fingerprint density at radius 1 is 1.18 bits per heavy atom. The van der Waals surface area contributed by atoms with E-state index in [4.69, 9.17) is 14.3 Å². The first-order valence-electron chi connectivity index (χ1n) is 5.94. The van der Waals surface area contributed by atoms with Crippen LogP contribution in [-0.4, -0.2) is 19.0 Å². The molecule has 0 bridgehead atoms. The molecule has 0 saturated heterocycles. The van der Waals surface area contributed by atoms with E-state index in [1.54, 1.807) is 12.1 Å². The molecule has 4 nitrogen and oxygen atoms in total. The van der Waals surface area contributed by atoms with Gasteiger partial charge in [0.05, 0.1) is 6.61 Å². The van der Waals surface area contributed by atoms with E-state index in [1.165, 1.54) is 0 Å². The zero-order chi connectivity index (χ0) is 12.5. The van der Waals surface area contributed by atoms with E-state index in [0.717, 1.165) is 12.8 Å². The number of para-hydroxylation sites is 1. The van der Waals surface area contributed by atoms with Gasteiger partial charge in [0.25, 0.3) is 0 Å². The maximum absolute atomic E-state index is 9.39. The second kappa shape index (κ2) is 8.11. The molecule has 1 aromatic rings. The lowest BCUT2D eigenvalue weighted by molar-refractivity contribution is -0.241. The second-order valence-electron chi connectivity index (χ2n) is 3.80. The van der Waals surface area contributed by atoms with Crippen molar-refractivity contribution in [2.45, 2.75) is 26.7 Å². The predicted molar refractivity (Wildman–Crippen MR) is 66.2 cm³/mol. The fraction of sp³-hybridized carbons (Fsp3) is 0.500. The summed E-state index contributed by atoms with van der Waals surface area (Å²) in [5.41, 5.74) is 0. The van der Waals surface area contributed by atoms with E-state index in [0.29, 0.717) is 18.3 Å². The van der Waals surface area contributed by atoms with Crippen LogP contribution in [0.3, 0.4) is 0 Å². The summed E-state index contributed by atoms with van der Waals surface area (Å²) in [6, 6.07) is 8.95. The van der Waals surface area contributed by atoms with Gasteiger partial charge in [-0.1, -0.05) is 44.9 Å². The molecule has 1 rings (SSSR count). The fourth-order valence-corrected chi connectivity index (χ4v) is 1.35. The van der Waals surface area contributed by atoms with Crippen molar-refractivity contribution >= 4 is 7.32 Å². The quantitative estimate of drug-likeness (QED) is 0.429. The van der Waals surface area contributed by atoms with Gasteiger partial charge in [-0.3, -0.25) is 0 Å². The van der Waals surface area contributed by atoms with Crippen molar-refractivity contribution in [1.29, 1.82) is 0 Å². The van der Waals surface area contributed by atoms with Crippen molar-refractivity contribution in [3.63, 3.8) is 0 Å². The summed E-state index contributed by atoms with van der Waals surface area (Å²) in [5.74, 6) is 0.977. The van der Waals surface area contributed by atoms with Crippen LogP contribution in [0.15, 0.2) is 30.3 Å². The summed E-state index contributed by atoms with van der Waals surface area (Å²) in [7, 11) is -1.40. The Balaban J connectivity index is 2.19. The first kappa shape index (κ1) is 14.0. The van der Waals surface area contributed by atoms with Crippen LogP contribution in [0.2, 0.25) is 0 Å². The first-order chi connectivity index (χ1) is 8.26. The third-order valence-corrected chi connectivity index (χ3v) is 2.59. The van der Waals surface area contributed by atoms with E-state index in [2.05, 4.69) is 13.8 Å². The molecule has 0 aliphatic carbocycles. The van der Waals surface area contributed by atoms with Gasteiger partial charge in [-0.05, 0) is 18.1 Å². The Morgan fingerprint density at radius 2 is 1.82 bits per heavy atom. The van der Waals surface area contributed by atoms with Gasteiger partial charge in [-0.25, -0.2) is 9.69 Å². The molecule has 0 fully saturated rings. The van der Waals surface area contributed by atoms with E-state index >= 15 is 0 Å². The number of hydrogen-bond donors (Lipinski definition) is 1. The van der Waals surface area contributed by atoms with Crippen LogP contribution in [0.5, 0.6) is 5.75 Å². The average molecular weight is 238 g/mol. The standard InChI is InChI=1S/C12H19BO4/c1-3-11(4-2)10-15-17-13(14)16-12-8-6-5-7-9-12/h5-9,11,14H,3-4,10H2,1-2H3.